The Balaban J connectivity index is 1.60. The number of nitrogens with one attached hydrogen (secondary N) is 1. The second kappa shape index (κ2) is 15.7. The maximum atomic E-state index is 14.5. The molecule has 0 spiro atoms. The van der Waals surface area contributed by atoms with Gasteiger partial charge in [-0.25, -0.2) is 0 Å². The third-order valence-corrected chi connectivity index (χ3v) is 7.30. The minimum atomic E-state index is -0.892. The number of rotatable bonds is 14. The summed E-state index contributed by atoms with van der Waals surface area (Å²) in [5.74, 6) is -1.70. The Bertz CT molecular complexity index is 1500. The summed E-state index contributed by atoms with van der Waals surface area (Å²) >= 11 is 0. The quantitative estimate of drug-likeness (QED) is 0.100. The van der Waals surface area contributed by atoms with Crippen molar-refractivity contribution in [1.82, 2.24) is 10.2 Å². The van der Waals surface area contributed by atoms with Crippen LogP contribution >= 0.6 is 0 Å². The summed E-state index contributed by atoms with van der Waals surface area (Å²) in [5, 5.41) is 2.92. The van der Waals surface area contributed by atoms with Crippen LogP contribution in [0.2, 0.25) is 0 Å². The zero-order chi connectivity index (χ0) is 31.3. The van der Waals surface area contributed by atoms with Crippen LogP contribution in [0.4, 0.5) is 0 Å². The number of benzene rings is 4. The number of hydrogen-bond donors (Lipinski definition) is 4. The third kappa shape index (κ3) is 8.78. The predicted molar refractivity (Wildman–Crippen MR) is 172 cm³/mol. The summed E-state index contributed by atoms with van der Waals surface area (Å²) in [7, 11) is 0. The second-order valence-corrected chi connectivity index (χ2v) is 10.5. The molecule has 0 heterocycles. The lowest BCUT2D eigenvalue weighted by molar-refractivity contribution is -0.141. The maximum Gasteiger partial charge on any atom is 0.251 e. The van der Waals surface area contributed by atoms with Crippen LogP contribution in [0.5, 0.6) is 0 Å². The van der Waals surface area contributed by atoms with Crippen molar-refractivity contribution in [1.29, 1.82) is 0 Å². The van der Waals surface area contributed by atoms with Gasteiger partial charge in [-0.15, -0.1) is 0 Å². The van der Waals surface area contributed by atoms with Crippen LogP contribution < -0.4 is 22.5 Å². The highest BCUT2D eigenvalue weighted by Gasteiger charge is 2.34. The van der Waals surface area contributed by atoms with E-state index in [2.05, 4.69) is 10.3 Å². The molecule has 1 atom stereocenters. The molecule has 0 unspecified atom stereocenters. The average Bonchev–Trinajstić information content (AvgIpc) is 3.04. The van der Waals surface area contributed by atoms with Gasteiger partial charge in [0.25, 0.3) is 5.91 Å². The van der Waals surface area contributed by atoms with Gasteiger partial charge < -0.3 is 27.4 Å². The van der Waals surface area contributed by atoms with Crippen LogP contribution in [0, 0.1) is 0 Å². The van der Waals surface area contributed by atoms with Gasteiger partial charge in [0, 0.05) is 25.2 Å². The number of primary amides is 1. The zero-order valence-electron chi connectivity index (χ0n) is 24.5. The summed E-state index contributed by atoms with van der Waals surface area (Å²) in [6, 6.07) is 34.7. The molecule has 0 aliphatic carbocycles. The molecule has 0 aliphatic rings. The molecule has 0 saturated heterocycles. The number of aliphatic imine (C=N–C) groups is 1. The van der Waals surface area contributed by atoms with Crippen molar-refractivity contribution in [2.24, 2.45) is 22.2 Å². The molecule has 0 aromatic heterocycles. The number of hydrogen-bond acceptors (Lipinski definition) is 4. The van der Waals surface area contributed by atoms with E-state index < -0.39 is 17.9 Å². The van der Waals surface area contributed by atoms with E-state index in [0.29, 0.717) is 25.1 Å². The summed E-state index contributed by atoms with van der Waals surface area (Å²) in [6.07, 6.45) is 0.744. The minimum absolute atomic E-state index is 0.0400. The monoisotopic (exact) mass is 590 g/mol. The predicted octanol–water partition coefficient (Wildman–Crippen LogP) is 3.68. The van der Waals surface area contributed by atoms with Crippen molar-refractivity contribution in [2.45, 2.75) is 37.9 Å². The van der Waals surface area contributed by atoms with E-state index >= 15 is 0 Å². The number of guanidine groups is 1. The number of amides is 3. The zero-order valence-corrected chi connectivity index (χ0v) is 24.5. The third-order valence-electron chi connectivity index (χ3n) is 7.30. The lowest BCUT2D eigenvalue weighted by atomic mass is 9.89. The molecule has 7 N–H and O–H groups in total. The number of nitrogens with zero attached hydrogens (tertiary/aromatic N) is 2. The van der Waals surface area contributed by atoms with E-state index in [4.69, 9.17) is 17.2 Å². The Morgan fingerprint density at radius 2 is 1.23 bits per heavy atom. The molecule has 3 amide bonds. The highest BCUT2D eigenvalue weighted by Crippen LogP contribution is 2.29. The standard InChI is InChI=1S/C35H38N6O3/c36-32(42)30(17-10-22-39-35(37)38)41(34(44)31(27-11-4-1-5-12-27)28-13-6-2-7-14-28)24-26-20-18-25(19-21-26)23-40-33(43)29-15-8-3-9-16-29/h1-9,11-16,18-21,30-31H,10,17,22-24H2,(H2,36,42)(H,40,43)(H4,37,38,39)/t30-/m1/s1. The summed E-state index contributed by atoms with van der Waals surface area (Å²) in [4.78, 5) is 45.5. The lowest BCUT2D eigenvalue weighted by Crippen LogP contribution is -2.49. The summed E-state index contributed by atoms with van der Waals surface area (Å²) in [5.41, 5.74) is 20.8. The van der Waals surface area contributed by atoms with E-state index in [1.54, 1.807) is 17.0 Å². The molecule has 0 aliphatic heterocycles. The molecule has 9 nitrogen and oxygen atoms in total. The smallest absolute Gasteiger partial charge is 0.251 e. The Hall–Kier alpha value is -5.44. The summed E-state index contributed by atoms with van der Waals surface area (Å²) < 4.78 is 0. The molecule has 4 aromatic rings. The van der Waals surface area contributed by atoms with E-state index in [1.807, 2.05) is 103 Å². The molecule has 226 valence electrons. The van der Waals surface area contributed by atoms with Gasteiger partial charge >= 0.3 is 0 Å². The van der Waals surface area contributed by atoms with Gasteiger partial charge in [-0.05, 0) is 47.2 Å². The SMILES string of the molecule is NC(=O)[C@@H](CCCN=C(N)N)N(Cc1ccc(CNC(=O)c2ccccc2)cc1)C(=O)C(c1ccccc1)c1ccccc1. The fourth-order valence-corrected chi connectivity index (χ4v) is 5.05. The number of carbonyl (C=O) groups excluding carboxylic acids is 3. The topological polar surface area (TPSA) is 157 Å². The van der Waals surface area contributed by atoms with Gasteiger partial charge in [0.2, 0.25) is 11.8 Å². The molecule has 0 saturated carbocycles. The first kappa shape index (κ1) is 31.5. The molecule has 4 aromatic carbocycles. The molecule has 4 rings (SSSR count). The van der Waals surface area contributed by atoms with Crippen LogP contribution in [0.1, 0.15) is 51.4 Å². The minimum Gasteiger partial charge on any atom is -0.370 e. The maximum absolute atomic E-state index is 14.5. The molecule has 44 heavy (non-hydrogen) atoms. The van der Waals surface area contributed by atoms with Crippen LogP contribution in [0.25, 0.3) is 0 Å². The molecular weight excluding hydrogens is 552 g/mol. The van der Waals surface area contributed by atoms with E-state index in [9.17, 15) is 14.4 Å². The lowest BCUT2D eigenvalue weighted by Gasteiger charge is -2.33. The normalized spacial score (nSPS) is 11.4. The summed E-state index contributed by atoms with van der Waals surface area (Å²) in [6.45, 7) is 0.801. The van der Waals surface area contributed by atoms with Crippen molar-refractivity contribution < 1.29 is 14.4 Å². The molecule has 0 bridgehead atoms. The first-order valence-electron chi connectivity index (χ1n) is 14.5. The fourth-order valence-electron chi connectivity index (χ4n) is 5.05. The Morgan fingerprint density at radius 3 is 1.75 bits per heavy atom. The largest absolute Gasteiger partial charge is 0.370 e. The number of nitrogens with two attached hydrogens (primary N) is 3. The fraction of sp³-hybridized carbons (Fsp3) is 0.200. The molecular formula is C35H38N6O3. The van der Waals surface area contributed by atoms with Crippen LogP contribution in [0.3, 0.4) is 0 Å². The van der Waals surface area contributed by atoms with Gasteiger partial charge in [0.1, 0.15) is 6.04 Å². The van der Waals surface area contributed by atoms with Gasteiger partial charge in [-0.2, -0.15) is 0 Å². The highest BCUT2D eigenvalue weighted by molar-refractivity contribution is 5.94. The van der Waals surface area contributed by atoms with Crippen LogP contribution in [-0.2, 0) is 22.7 Å². The van der Waals surface area contributed by atoms with Crippen molar-refractivity contribution in [3.63, 3.8) is 0 Å². The van der Waals surface area contributed by atoms with E-state index in [1.165, 1.54) is 0 Å². The van der Waals surface area contributed by atoms with Crippen LogP contribution in [-0.4, -0.2) is 41.2 Å². The Kier molecular flexibility index (Phi) is 11.2. The average molecular weight is 591 g/mol. The Morgan fingerprint density at radius 1 is 0.705 bits per heavy atom. The molecule has 0 radical (unpaired) electrons. The van der Waals surface area contributed by atoms with Crippen LogP contribution in [0.15, 0.2) is 120 Å². The Labute approximate surface area is 257 Å². The van der Waals surface area contributed by atoms with Gasteiger partial charge in [-0.3, -0.25) is 19.4 Å². The first-order valence-corrected chi connectivity index (χ1v) is 14.5. The molecule has 9 heteroatoms. The molecule has 0 fully saturated rings. The van der Waals surface area contributed by atoms with Crippen molar-refractivity contribution in [3.8, 4) is 0 Å². The first-order chi connectivity index (χ1) is 21.3. The van der Waals surface area contributed by atoms with E-state index in [0.717, 1.165) is 22.3 Å². The highest BCUT2D eigenvalue weighted by atomic mass is 16.2. The second-order valence-electron chi connectivity index (χ2n) is 10.5. The number of carbonyl (C=O) groups is 3. The van der Waals surface area contributed by atoms with Gasteiger partial charge in [0.05, 0.1) is 5.92 Å². The van der Waals surface area contributed by atoms with Crippen molar-refractivity contribution >= 4 is 23.7 Å². The van der Waals surface area contributed by atoms with Gasteiger partial charge in [0.15, 0.2) is 5.96 Å². The van der Waals surface area contributed by atoms with E-state index in [-0.39, 0.29) is 30.7 Å². The van der Waals surface area contributed by atoms with Gasteiger partial charge in [-0.1, -0.05) is 103 Å². The van der Waals surface area contributed by atoms with Crippen molar-refractivity contribution in [2.75, 3.05) is 6.54 Å². The van der Waals surface area contributed by atoms with Crippen molar-refractivity contribution in [3.05, 3.63) is 143 Å².